The van der Waals surface area contributed by atoms with Crippen LogP contribution in [0.5, 0.6) is 0 Å². The summed E-state index contributed by atoms with van der Waals surface area (Å²) in [5, 5.41) is 0. The van der Waals surface area contributed by atoms with Gasteiger partial charge in [-0.3, -0.25) is 4.90 Å². The normalized spacial score (nSPS) is 25.0. The van der Waals surface area contributed by atoms with Crippen LogP contribution in [0.1, 0.15) is 29.5 Å². The second-order valence-electron chi connectivity index (χ2n) is 3.51. The number of likely N-dealkylation sites (tertiary alicyclic amines) is 1. The van der Waals surface area contributed by atoms with Crippen LogP contribution in [0.4, 0.5) is 0 Å². The predicted octanol–water partition coefficient (Wildman–Crippen LogP) is 2.22. The molecule has 0 bridgehead atoms. The number of aromatic nitrogens is 1. The first kappa shape index (κ1) is 8.20. The SMILES string of the molecule is Cc1cc([C@@H]2CCCN2C)sn1. The molecule has 0 saturated carbocycles. The monoisotopic (exact) mass is 182 g/mol. The highest BCUT2D eigenvalue weighted by molar-refractivity contribution is 7.05. The van der Waals surface area contributed by atoms with E-state index in [1.807, 2.05) is 0 Å². The molecule has 2 rings (SSSR count). The van der Waals surface area contributed by atoms with Crippen molar-refractivity contribution < 1.29 is 0 Å². The highest BCUT2D eigenvalue weighted by Crippen LogP contribution is 2.32. The van der Waals surface area contributed by atoms with Gasteiger partial charge < -0.3 is 0 Å². The van der Waals surface area contributed by atoms with E-state index in [4.69, 9.17) is 0 Å². The van der Waals surface area contributed by atoms with E-state index in [0.29, 0.717) is 6.04 Å². The summed E-state index contributed by atoms with van der Waals surface area (Å²) in [4.78, 5) is 3.86. The van der Waals surface area contributed by atoms with Crippen molar-refractivity contribution in [2.75, 3.05) is 13.6 Å². The summed E-state index contributed by atoms with van der Waals surface area (Å²) < 4.78 is 4.31. The molecule has 1 aliphatic heterocycles. The summed E-state index contributed by atoms with van der Waals surface area (Å²) in [6.07, 6.45) is 2.64. The molecule has 1 aromatic heterocycles. The average Bonchev–Trinajstić information content (AvgIpc) is 2.58. The molecule has 1 atom stereocenters. The fourth-order valence-electron chi connectivity index (χ4n) is 1.81. The van der Waals surface area contributed by atoms with E-state index in [1.54, 1.807) is 11.5 Å². The topological polar surface area (TPSA) is 16.1 Å². The maximum atomic E-state index is 4.31. The molecule has 12 heavy (non-hydrogen) atoms. The molecule has 1 saturated heterocycles. The van der Waals surface area contributed by atoms with E-state index in [-0.39, 0.29) is 0 Å². The van der Waals surface area contributed by atoms with E-state index in [2.05, 4.69) is 29.3 Å². The lowest BCUT2D eigenvalue weighted by atomic mass is 10.2. The smallest absolute Gasteiger partial charge is 0.0514 e. The van der Waals surface area contributed by atoms with Crippen LogP contribution in [0, 0.1) is 6.92 Å². The van der Waals surface area contributed by atoms with Gasteiger partial charge in [0.15, 0.2) is 0 Å². The minimum absolute atomic E-state index is 0.649. The van der Waals surface area contributed by atoms with Gasteiger partial charge >= 0.3 is 0 Å². The van der Waals surface area contributed by atoms with Crippen LogP contribution in [0.15, 0.2) is 6.07 Å². The van der Waals surface area contributed by atoms with Crippen molar-refractivity contribution in [1.82, 2.24) is 9.27 Å². The van der Waals surface area contributed by atoms with Crippen molar-refractivity contribution in [2.24, 2.45) is 0 Å². The van der Waals surface area contributed by atoms with Gasteiger partial charge in [0.2, 0.25) is 0 Å². The van der Waals surface area contributed by atoms with Crippen LogP contribution in [-0.4, -0.2) is 22.9 Å². The van der Waals surface area contributed by atoms with Gasteiger partial charge in [-0.25, -0.2) is 0 Å². The Morgan fingerprint density at radius 1 is 1.67 bits per heavy atom. The minimum atomic E-state index is 0.649. The van der Waals surface area contributed by atoms with Gasteiger partial charge in [-0.1, -0.05) is 0 Å². The lowest BCUT2D eigenvalue weighted by molar-refractivity contribution is 0.321. The summed E-state index contributed by atoms with van der Waals surface area (Å²) in [7, 11) is 2.20. The molecule has 0 radical (unpaired) electrons. The minimum Gasteiger partial charge on any atom is -0.298 e. The molecule has 66 valence electrons. The Hall–Kier alpha value is -0.410. The maximum Gasteiger partial charge on any atom is 0.0514 e. The Morgan fingerprint density at radius 2 is 2.50 bits per heavy atom. The second kappa shape index (κ2) is 3.15. The van der Waals surface area contributed by atoms with Crippen molar-refractivity contribution >= 4 is 11.5 Å². The van der Waals surface area contributed by atoms with E-state index in [1.165, 1.54) is 24.3 Å². The zero-order chi connectivity index (χ0) is 8.55. The van der Waals surface area contributed by atoms with Gasteiger partial charge in [0.25, 0.3) is 0 Å². The van der Waals surface area contributed by atoms with E-state index < -0.39 is 0 Å². The molecule has 1 aromatic rings. The Kier molecular flexibility index (Phi) is 2.15. The quantitative estimate of drug-likeness (QED) is 0.662. The third-order valence-electron chi connectivity index (χ3n) is 2.50. The lowest BCUT2D eigenvalue weighted by Gasteiger charge is -2.16. The van der Waals surface area contributed by atoms with Crippen LogP contribution in [0.2, 0.25) is 0 Å². The molecular formula is C9H14N2S. The van der Waals surface area contributed by atoms with Crippen molar-refractivity contribution in [3.8, 4) is 0 Å². The van der Waals surface area contributed by atoms with E-state index >= 15 is 0 Å². The average molecular weight is 182 g/mol. The third kappa shape index (κ3) is 1.39. The van der Waals surface area contributed by atoms with Gasteiger partial charge in [0.05, 0.1) is 5.69 Å². The molecule has 1 fully saturated rings. The Labute approximate surface area is 77.4 Å². The molecule has 0 aliphatic carbocycles. The van der Waals surface area contributed by atoms with Gasteiger partial charge in [0.1, 0.15) is 0 Å². The predicted molar refractivity (Wildman–Crippen MR) is 51.5 cm³/mol. The number of hydrogen-bond acceptors (Lipinski definition) is 3. The number of rotatable bonds is 1. The van der Waals surface area contributed by atoms with Gasteiger partial charge in [-0.05, 0) is 51.0 Å². The van der Waals surface area contributed by atoms with Crippen molar-refractivity contribution in [1.29, 1.82) is 0 Å². The molecule has 0 unspecified atom stereocenters. The van der Waals surface area contributed by atoms with Crippen molar-refractivity contribution in [3.05, 3.63) is 16.6 Å². The summed E-state index contributed by atoms with van der Waals surface area (Å²) in [6.45, 7) is 3.30. The highest BCUT2D eigenvalue weighted by atomic mass is 32.1. The van der Waals surface area contributed by atoms with E-state index in [9.17, 15) is 0 Å². The molecule has 0 amide bonds. The van der Waals surface area contributed by atoms with E-state index in [0.717, 1.165) is 5.69 Å². The molecule has 0 aromatic carbocycles. The molecule has 2 heterocycles. The molecule has 0 spiro atoms. The maximum absolute atomic E-state index is 4.31. The van der Waals surface area contributed by atoms with Crippen molar-refractivity contribution in [2.45, 2.75) is 25.8 Å². The molecule has 0 N–H and O–H groups in total. The number of nitrogens with zero attached hydrogens (tertiary/aromatic N) is 2. The Bertz CT molecular complexity index is 269. The standard InChI is InChI=1S/C9H14N2S/c1-7-6-9(12-10-7)8-4-3-5-11(8)2/h6,8H,3-5H2,1-2H3/t8-/m0/s1. The van der Waals surface area contributed by atoms with Crippen molar-refractivity contribution in [3.63, 3.8) is 0 Å². The van der Waals surface area contributed by atoms with Crippen LogP contribution in [0.3, 0.4) is 0 Å². The highest BCUT2D eigenvalue weighted by Gasteiger charge is 2.23. The van der Waals surface area contributed by atoms with Crippen LogP contribution in [-0.2, 0) is 0 Å². The zero-order valence-corrected chi connectivity index (χ0v) is 8.40. The molecule has 1 aliphatic rings. The van der Waals surface area contributed by atoms with Crippen LogP contribution >= 0.6 is 11.5 Å². The largest absolute Gasteiger partial charge is 0.298 e. The Balaban J connectivity index is 2.19. The summed E-state index contributed by atoms with van der Waals surface area (Å²) in [5.41, 5.74) is 1.16. The fraction of sp³-hybridized carbons (Fsp3) is 0.667. The van der Waals surface area contributed by atoms with Crippen LogP contribution in [0.25, 0.3) is 0 Å². The summed E-state index contributed by atoms with van der Waals surface area (Å²) >= 11 is 1.66. The molecular weight excluding hydrogens is 168 g/mol. The fourth-order valence-corrected chi connectivity index (χ4v) is 2.75. The number of hydrogen-bond donors (Lipinski definition) is 0. The first-order valence-corrected chi connectivity index (χ1v) is 5.18. The summed E-state index contributed by atoms with van der Waals surface area (Å²) in [6, 6.07) is 2.87. The Morgan fingerprint density at radius 3 is 3.00 bits per heavy atom. The van der Waals surface area contributed by atoms with Gasteiger partial charge in [0, 0.05) is 10.9 Å². The first-order chi connectivity index (χ1) is 5.77. The van der Waals surface area contributed by atoms with Crippen LogP contribution < -0.4 is 0 Å². The first-order valence-electron chi connectivity index (χ1n) is 4.41. The van der Waals surface area contributed by atoms with Gasteiger partial charge in [-0.2, -0.15) is 4.37 Å². The lowest BCUT2D eigenvalue weighted by Crippen LogP contribution is -2.16. The van der Waals surface area contributed by atoms with Gasteiger partial charge in [-0.15, -0.1) is 0 Å². The molecule has 2 nitrogen and oxygen atoms in total. The third-order valence-corrected chi connectivity index (χ3v) is 3.48. The molecule has 3 heteroatoms. The number of aryl methyl sites for hydroxylation is 1. The zero-order valence-electron chi connectivity index (χ0n) is 7.58. The summed E-state index contributed by atoms with van der Waals surface area (Å²) in [5.74, 6) is 0. The second-order valence-corrected chi connectivity index (χ2v) is 4.35.